The van der Waals surface area contributed by atoms with E-state index in [1.54, 1.807) is 0 Å². The molecule has 1 aromatic rings. The summed E-state index contributed by atoms with van der Waals surface area (Å²) >= 11 is 2.03. The first kappa shape index (κ1) is 14.0. The third-order valence-corrected chi connectivity index (χ3v) is 4.72. The Morgan fingerprint density at radius 2 is 2.17 bits per heavy atom. The summed E-state index contributed by atoms with van der Waals surface area (Å²) in [5, 5.41) is 3.51. The van der Waals surface area contributed by atoms with Gasteiger partial charge in [-0.15, -0.1) is 11.8 Å². The van der Waals surface area contributed by atoms with E-state index in [2.05, 4.69) is 43.4 Å². The van der Waals surface area contributed by atoms with Gasteiger partial charge in [-0.2, -0.15) is 0 Å². The molecular weight excluding hydrogens is 238 g/mol. The molecule has 100 valence electrons. The first-order chi connectivity index (χ1) is 8.74. The van der Waals surface area contributed by atoms with Crippen molar-refractivity contribution in [3.8, 4) is 0 Å². The van der Waals surface area contributed by atoms with Crippen molar-refractivity contribution >= 4 is 11.8 Å². The molecule has 1 fully saturated rings. The highest BCUT2D eigenvalue weighted by Gasteiger charge is 2.17. The number of rotatable bonds is 7. The van der Waals surface area contributed by atoms with Crippen LogP contribution in [-0.2, 0) is 6.54 Å². The molecule has 0 aromatic heterocycles. The zero-order valence-electron chi connectivity index (χ0n) is 11.6. The highest BCUT2D eigenvalue weighted by Crippen LogP contribution is 2.32. The van der Waals surface area contributed by atoms with Crippen LogP contribution in [0, 0.1) is 11.8 Å². The van der Waals surface area contributed by atoms with Gasteiger partial charge in [0.1, 0.15) is 0 Å². The van der Waals surface area contributed by atoms with E-state index in [1.807, 2.05) is 11.8 Å². The second-order valence-corrected chi connectivity index (χ2v) is 6.87. The molecule has 2 rings (SSSR count). The van der Waals surface area contributed by atoms with Crippen molar-refractivity contribution in [2.75, 3.05) is 12.3 Å². The van der Waals surface area contributed by atoms with E-state index in [-0.39, 0.29) is 0 Å². The monoisotopic (exact) mass is 263 g/mol. The van der Waals surface area contributed by atoms with Gasteiger partial charge in [-0.05, 0) is 48.9 Å². The molecule has 0 spiro atoms. The third-order valence-electron chi connectivity index (χ3n) is 3.49. The van der Waals surface area contributed by atoms with Crippen molar-refractivity contribution < 1.29 is 0 Å². The minimum Gasteiger partial charge on any atom is -0.312 e. The Labute approximate surface area is 116 Å². The van der Waals surface area contributed by atoms with Crippen LogP contribution in [0.1, 0.15) is 38.7 Å². The summed E-state index contributed by atoms with van der Waals surface area (Å²) in [6.45, 7) is 6.59. The number of thioether (sulfide) groups is 1. The lowest BCUT2D eigenvalue weighted by atomic mass is 9.87. The first-order valence-corrected chi connectivity index (χ1v) is 8.15. The van der Waals surface area contributed by atoms with Gasteiger partial charge >= 0.3 is 0 Å². The Hall–Kier alpha value is -0.470. The summed E-state index contributed by atoms with van der Waals surface area (Å²) in [4.78, 5) is 1.44. The molecule has 0 bridgehead atoms. The number of hydrogen-bond acceptors (Lipinski definition) is 2. The van der Waals surface area contributed by atoms with Crippen LogP contribution < -0.4 is 5.32 Å². The lowest BCUT2D eigenvalue weighted by Crippen LogP contribution is -2.18. The summed E-state index contributed by atoms with van der Waals surface area (Å²) in [5.41, 5.74) is 1.41. The Balaban J connectivity index is 1.76. The van der Waals surface area contributed by atoms with Crippen molar-refractivity contribution in [3.05, 3.63) is 29.8 Å². The average molecular weight is 263 g/mol. The summed E-state index contributed by atoms with van der Waals surface area (Å²) in [6.07, 6.45) is 4.34. The molecule has 18 heavy (non-hydrogen) atoms. The molecule has 1 aliphatic carbocycles. The lowest BCUT2D eigenvalue weighted by molar-refractivity contribution is 0.353. The van der Waals surface area contributed by atoms with Crippen molar-refractivity contribution in [1.82, 2.24) is 5.32 Å². The Bertz CT molecular complexity index is 358. The molecule has 1 nitrogen and oxygen atoms in total. The van der Waals surface area contributed by atoms with Crippen molar-refractivity contribution in [2.45, 2.75) is 44.6 Å². The van der Waals surface area contributed by atoms with E-state index in [9.17, 15) is 0 Å². The number of benzene rings is 1. The van der Waals surface area contributed by atoms with Crippen LogP contribution in [-0.4, -0.2) is 12.3 Å². The second-order valence-electron chi connectivity index (χ2n) is 5.78. The predicted octanol–water partition coefficient (Wildman–Crippen LogP) is 4.32. The van der Waals surface area contributed by atoms with Crippen LogP contribution in [0.3, 0.4) is 0 Å². The maximum atomic E-state index is 3.51. The normalized spacial score (nSPS) is 15.9. The van der Waals surface area contributed by atoms with Crippen molar-refractivity contribution in [3.63, 3.8) is 0 Å². The van der Waals surface area contributed by atoms with Crippen LogP contribution in [0.2, 0.25) is 0 Å². The predicted molar refractivity (Wildman–Crippen MR) is 81.1 cm³/mol. The van der Waals surface area contributed by atoms with Gasteiger partial charge in [-0.3, -0.25) is 0 Å². The van der Waals surface area contributed by atoms with Crippen LogP contribution in [0.15, 0.2) is 29.2 Å². The summed E-state index contributed by atoms with van der Waals surface area (Å²) in [5.74, 6) is 3.02. The molecule has 1 aliphatic rings. The Kier molecular flexibility index (Phi) is 5.58. The van der Waals surface area contributed by atoms with Gasteiger partial charge in [0.2, 0.25) is 0 Å². The van der Waals surface area contributed by atoms with Crippen LogP contribution in [0.5, 0.6) is 0 Å². The van der Waals surface area contributed by atoms with E-state index in [0.29, 0.717) is 0 Å². The molecular formula is C16H25NS. The molecule has 0 unspecified atom stereocenters. The quantitative estimate of drug-likeness (QED) is 0.735. The molecule has 1 aromatic carbocycles. The largest absolute Gasteiger partial charge is 0.312 e. The third kappa shape index (κ3) is 4.66. The lowest BCUT2D eigenvalue weighted by Gasteiger charge is -2.24. The van der Waals surface area contributed by atoms with Crippen molar-refractivity contribution in [2.24, 2.45) is 11.8 Å². The van der Waals surface area contributed by atoms with Crippen molar-refractivity contribution in [1.29, 1.82) is 0 Å². The summed E-state index contributed by atoms with van der Waals surface area (Å²) in [6, 6.07) is 9.00. The van der Waals surface area contributed by atoms with Crippen LogP contribution in [0.25, 0.3) is 0 Å². The molecule has 1 saturated carbocycles. The Morgan fingerprint density at radius 1 is 1.33 bits per heavy atom. The van der Waals surface area contributed by atoms with E-state index >= 15 is 0 Å². The van der Waals surface area contributed by atoms with E-state index in [0.717, 1.165) is 24.9 Å². The minimum absolute atomic E-state index is 0.723. The van der Waals surface area contributed by atoms with Gasteiger partial charge in [0.05, 0.1) is 0 Å². The average Bonchev–Trinajstić information content (AvgIpc) is 2.27. The molecule has 0 aliphatic heterocycles. The molecule has 2 heteroatoms. The highest BCUT2D eigenvalue weighted by molar-refractivity contribution is 7.99. The molecule has 0 radical (unpaired) electrons. The fourth-order valence-corrected chi connectivity index (χ4v) is 3.29. The molecule has 0 amide bonds. The zero-order chi connectivity index (χ0) is 12.8. The van der Waals surface area contributed by atoms with E-state index in [4.69, 9.17) is 0 Å². The smallest absolute Gasteiger partial charge is 0.0206 e. The van der Waals surface area contributed by atoms with Crippen LogP contribution >= 0.6 is 11.8 Å². The topological polar surface area (TPSA) is 12.0 Å². The summed E-state index contributed by atoms with van der Waals surface area (Å²) in [7, 11) is 0. The SMILES string of the molecule is CC(C)CNCc1cccc(SCC2CCC2)c1. The van der Waals surface area contributed by atoms with Gasteiger partial charge in [-0.1, -0.05) is 32.4 Å². The molecule has 0 heterocycles. The standard InChI is InChI=1S/C16H25NS/c1-13(2)10-17-11-15-7-4-8-16(9-15)18-12-14-5-3-6-14/h4,7-9,13-14,17H,3,5-6,10-12H2,1-2H3. The van der Waals surface area contributed by atoms with Gasteiger partial charge in [0.15, 0.2) is 0 Å². The Morgan fingerprint density at radius 3 is 2.83 bits per heavy atom. The van der Waals surface area contributed by atoms with Gasteiger partial charge < -0.3 is 5.32 Å². The minimum atomic E-state index is 0.723. The number of hydrogen-bond donors (Lipinski definition) is 1. The van der Waals surface area contributed by atoms with Gasteiger partial charge in [0.25, 0.3) is 0 Å². The zero-order valence-corrected chi connectivity index (χ0v) is 12.4. The first-order valence-electron chi connectivity index (χ1n) is 7.16. The second kappa shape index (κ2) is 7.20. The van der Waals surface area contributed by atoms with Crippen LogP contribution in [0.4, 0.5) is 0 Å². The van der Waals surface area contributed by atoms with Gasteiger partial charge in [-0.25, -0.2) is 0 Å². The fraction of sp³-hybridized carbons (Fsp3) is 0.625. The highest BCUT2D eigenvalue weighted by atomic mass is 32.2. The maximum absolute atomic E-state index is 3.51. The van der Waals surface area contributed by atoms with Gasteiger partial charge in [0, 0.05) is 17.2 Å². The summed E-state index contributed by atoms with van der Waals surface area (Å²) < 4.78 is 0. The molecule has 0 atom stereocenters. The number of nitrogens with one attached hydrogen (secondary N) is 1. The van der Waals surface area contributed by atoms with E-state index in [1.165, 1.54) is 35.5 Å². The molecule has 1 N–H and O–H groups in total. The van der Waals surface area contributed by atoms with E-state index < -0.39 is 0 Å². The molecule has 0 saturated heterocycles. The maximum Gasteiger partial charge on any atom is 0.0206 e. The fourth-order valence-electron chi connectivity index (χ4n) is 2.12.